The van der Waals surface area contributed by atoms with Crippen LogP contribution in [0.25, 0.3) is 11.7 Å². The van der Waals surface area contributed by atoms with Crippen LogP contribution in [0.5, 0.6) is 5.75 Å². The molecule has 4 heterocycles. The smallest absolute Gasteiger partial charge is 0.267 e. The molecule has 0 bridgehead atoms. The van der Waals surface area contributed by atoms with Crippen LogP contribution >= 0.6 is 24.0 Å². The normalized spacial score (nSPS) is 17.1. The molecule has 0 N–H and O–H groups in total. The number of benzene rings is 1. The summed E-state index contributed by atoms with van der Waals surface area (Å²) in [5, 5.41) is 0. The van der Waals surface area contributed by atoms with Gasteiger partial charge < -0.3 is 19.3 Å². The number of carbonyl (C=O) groups is 1. The van der Waals surface area contributed by atoms with E-state index >= 15 is 0 Å². The maximum Gasteiger partial charge on any atom is 0.267 e. The van der Waals surface area contributed by atoms with Gasteiger partial charge in [-0.05, 0) is 43.2 Å². The maximum absolute atomic E-state index is 13.8. The number of thiocarbonyl (C=S) groups is 1. The van der Waals surface area contributed by atoms with E-state index in [2.05, 4.69) is 15.9 Å². The first kappa shape index (κ1) is 27.2. The van der Waals surface area contributed by atoms with Crippen LogP contribution in [-0.4, -0.2) is 78.1 Å². The highest BCUT2D eigenvalue weighted by atomic mass is 32.2. The lowest BCUT2D eigenvalue weighted by Gasteiger charge is -2.37. The third-order valence-corrected chi connectivity index (χ3v) is 8.25. The van der Waals surface area contributed by atoms with Gasteiger partial charge in [0.15, 0.2) is 0 Å². The number of ether oxygens (including phenoxy) is 2. The van der Waals surface area contributed by atoms with Crippen LogP contribution in [-0.2, 0) is 9.53 Å². The fourth-order valence-electron chi connectivity index (χ4n) is 4.86. The number of piperazine rings is 1. The summed E-state index contributed by atoms with van der Waals surface area (Å²) in [6.07, 6.45) is 4.13. The number of hydrogen-bond acceptors (Lipinski definition) is 9. The first-order valence-electron chi connectivity index (χ1n) is 12.8. The van der Waals surface area contributed by atoms with Crippen molar-refractivity contribution in [3.8, 4) is 5.75 Å². The van der Waals surface area contributed by atoms with Crippen LogP contribution in [0, 0.1) is 6.92 Å². The van der Waals surface area contributed by atoms with Gasteiger partial charge in [-0.25, -0.2) is 4.98 Å². The number of aryl methyl sites for hydroxylation is 1. The molecule has 0 unspecified atom stereocenters. The quantitative estimate of drug-likeness (QED) is 0.231. The Morgan fingerprint density at radius 3 is 2.54 bits per heavy atom. The molecule has 2 aliphatic rings. The van der Waals surface area contributed by atoms with Gasteiger partial charge >= 0.3 is 0 Å². The second-order valence-electron chi connectivity index (χ2n) is 9.41. The minimum atomic E-state index is -0.212. The zero-order valence-corrected chi connectivity index (χ0v) is 23.9. The molecule has 1 amide bonds. The highest BCUT2D eigenvalue weighted by Crippen LogP contribution is 2.34. The number of thioether (sulfide) groups is 1. The van der Waals surface area contributed by atoms with E-state index in [-0.39, 0.29) is 11.5 Å². The molecule has 0 saturated carbocycles. The summed E-state index contributed by atoms with van der Waals surface area (Å²) < 4.78 is 12.7. The lowest BCUT2D eigenvalue weighted by atomic mass is 10.2. The summed E-state index contributed by atoms with van der Waals surface area (Å²) in [5.41, 5.74) is 2.73. The van der Waals surface area contributed by atoms with Crippen molar-refractivity contribution in [1.82, 2.24) is 14.3 Å². The highest BCUT2D eigenvalue weighted by molar-refractivity contribution is 8.26. The molecule has 2 fully saturated rings. The van der Waals surface area contributed by atoms with Crippen molar-refractivity contribution in [2.45, 2.75) is 13.3 Å². The van der Waals surface area contributed by atoms with E-state index in [0.29, 0.717) is 58.9 Å². The van der Waals surface area contributed by atoms with Crippen molar-refractivity contribution >= 4 is 57.4 Å². The third kappa shape index (κ3) is 5.52. The van der Waals surface area contributed by atoms with Crippen LogP contribution in [0.15, 0.2) is 52.3 Å². The largest absolute Gasteiger partial charge is 0.495 e. The van der Waals surface area contributed by atoms with Crippen molar-refractivity contribution in [1.29, 1.82) is 0 Å². The predicted molar refractivity (Wildman–Crippen MR) is 160 cm³/mol. The number of rotatable bonds is 8. The maximum atomic E-state index is 13.8. The minimum absolute atomic E-state index is 0.193. The Hall–Kier alpha value is -3.41. The Morgan fingerprint density at radius 1 is 1.05 bits per heavy atom. The standard InChI is InChI=1S/C28H31N5O4S2/c1-19-9-10-24-29-25(31-14-12-30(13-15-31)21-7-4-5-8-22(21)37-3)20(26(34)33(24)18-19)17-23-27(35)32(28(38)39-23)11-6-16-36-2/h4-5,7-10,17-18H,6,11-16H2,1-3H3. The molecule has 0 radical (unpaired) electrons. The molecule has 2 saturated heterocycles. The SMILES string of the molecule is COCCCN1C(=O)C(=Cc2c(N3CCN(c4ccccc4OC)CC3)nc3ccc(C)cn3c2=O)SC1=S. The second kappa shape index (κ2) is 11.8. The van der Waals surface area contributed by atoms with Crippen molar-refractivity contribution < 1.29 is 14.3 Å². The van der Waals surface area contributed by atoms with Gasteiger partial charge in [0.25, 0.3) is 11.5 Å². The minimum Gasteiger partial charge on any atom is -0.495 e. The molecule has 5 rings (SSSR count). The topological polar surface area (TPSA) is 79.6 Å². The van der Waals surface area contributed by atoms with E-state index < -0.39 is 0 Å². The van der Waals surface area contributed by atoms with E-state index in [4.69, 9.17) is 26.7 Å². The summed E-state index contributed by atoms with van der Waals surface area (Å²) >= 11 is 6.71. The molecule has 1 aromatic carbocycles. The number of anilines is 2. The second-order valence-corrected chi connectivity index (χ2v) is 11.1. The Kier molecular flexibility index (Phi) is 8.20. The van der Waals surface area contributed by atoms with Crippen LogP contribution < -0.4 is 20.1 Å². The molecule has 11 heteroatoms. The van der Waals surface area contributed by atoms with E-state index in [1.807, 2.05) is 37.3 Å². The number of pyridine rings is 1. The molecule has 39 heavy (non-hydrogen) atoms. The molecule has 0 atom stereocenters. The number of aromatic nitrogens is 2. The molecule has 2 aliphatic heterocycles. The van der Waals surface area contributed by atoms with Crippen molar-refractivity contribution in [3.05, 3.63) is 69.0 Å². The van der Waals surface area contributed by atoms with Crippen LogP contribution in [0.1, 0.15) is 17.5 Å². The first-order valence-corrected chi connectivity index (χ1v) is 14.0. The molecule has 9 nitrogen and oxygen atoms in total. The number of methoxy groups -OCH3 is 2. The number of amides is 1. The lowest BCUT2D eigenvalue weighted by molar-refractivity contribution is -0.122. The number of nitrogens with zero attached hydrogens (tertiary/aromatic N) is 5. The Morgan fingerprint density at radius 2 is 1.79 bits per heavy atom. The first-order chi connectivity index (χ1) is 18.9. The van der Waals surface area contributed by atoms with Gasteiger partial charge in [0.1, 0.15) is 21.5 Å². The van der Waals surface area contributed by atoms with Gasteiger partial charge in [0.05, 0.1) is 23.3 Å². The fourth-order valence-corrected chi connectivity index (χ4v) is 6.15. The zero-order chi connectivity index (χ0) is 27.5. The van der Waals surface area contributed by atoms with Gasteiger partial charge in [0.2, 0.25) is 0 Å². The van der Waals surface area contributed by atoms with Gasteiger partial charge in [-0.3, -0.25) is 18.9 Å². The van der Waals surface area contributed by atoms with E-state index in [1.54, 1.807) is 35.8 Å². The summed E-state index contributed by atoms with van der Waals surface area (Å²) in [6, 6.07) is 11.8. The van der Waals surface area contributed by atoms with Crippen LogP contribution in [0.3, 0.4) is 0 Å². The molecular formula is C28H31N5O4S2. The monoisotopic (exact) mass is 565 g/mol. The van der Waals surface area contributed by atoms with Gasteiger partial charge in [-0.15, -0.1) is 0 Å². The number of para-hydroxylation sites is 2. The van der Waals surface area contributed by atoms with E-state index in [0.717, 1.165) is 30.1 Å². The summed E-state index contributed by atoms with van der Waals surface area (Å²) in [5.74, 6) is 1.21. The Bertz CT molecular complexity index is 1500. The lowest BCUT2D eigenvalue weighted by Crippen LogP contribution is -2.47. The van der Waals surface area contributed by atoms with Gasteiger partial charge in [-0.1, -0.05) is 42.2 Å². The molecular weight excluding hydrogens is 534 g/mol. The molecule has 2 aromatic heterocycles. The number of carbonyl (C=O) groups excluding carboxylic acids is 1. The third-order valence-electron chi connectivity index (χ3n) is 6.87. The van der Waals surface area contributed by atoms with Crippen molar-refractivity contribution in [3.63, 3.8) is 0 Å². The molecule has 204 valence electrons. The average Bonchev–Trinajstić information content (AvgIpc) is 3.22. The van der Waals surface area contributed by atoms with Crippen LogP contribution in [0.4, 0.5) is 11.5 Å². The summed E-state index contributed by atoms with van der Waals surface area (Å²) in [7, 11) is 3.31. The average molecular weight is 566 g/mol. The Balaban J connectivity index is 1.49. The Labute approximate surface area is 237 Å². The van der Waals surface area contributed by atoms with Crippen LogP contribution in [0.2, 0.25) is 0 Å². The molecule has 0 spiro atoms. The number of hydrogen-bond donors (Lipinski definition) is 0. The zero-order valence-electron chi connectivity index (χ0n) is 22.3. The summed E-state index contributed by atoms with van der Waals surface area (Å²) in [6.45, 7) is 5.73. The van der Waals surface area contributed by atoms with E-state index in [9.17, 15) is 9.59 Å². The van der Waals surface area contributed by atoms with Crippen molar-refractivity contribution in [2.75, 3.05) is 63.4 Å². The molecule has 3 aromatic rings. The molecule has 0 aliphatic carbocycles. The van der Waals surface area contributed by atoms with Crippen molar-refractivity contribution in [2.24, 2.45) is 0 Å². The number of fused-ring (bicyclic) bond motifs is 1. The predicted octanol–water partition coefficient (Wildman–Crippen LogP) is 3.58. The van der Waals surface area contributed by atoms with Gasteiger partial charge in [-0.2, -0.15) is 0 Å². The summed E-state index contributed by atoms with van der Waals surface area (Å²) in [4.78, 5) is 38.4. The van der Waals surface area contributed by atoms with Gasteiger partial charge in [0, 0.05) is 52.6 Å². The van der Waals surface area contributed by atoms with E-state index in [1.165, 1.54) is 11.8 Å². The highest BCUT2D eigenvalue weighted by Gasteiger charge is 2.33. The fraction of sp³-hybridized carbons (Fsp3) is 0.357.